The SMILES string of the molecule is CCNC(=NCCNS(=O)(=O)c1ccc(C)cc1)N1CC[C@@H](O)C1.I. The highest BCUT2D eigenvalue weighted by molar-refractivity contribution is 14.0. The largest absolute Gasteiger partial charge is 0.391 e. The van der Waals surface area contributed by atoms with Crippen LogP contribution in [-0.4, -0.2) is 63.2 Å². The average molecular weight is 482 g/mol. The monoisotopic (exact) mass is 482 g/mol. The van der Waals surface area contributed by atoms with Gasteiger partial charge in [-0.25, -0.2) is 13.1 Å². The average Bonchev–Trinajstić information content (AvgIpc) is 2.97. The zero-order chi connectivity index (χ0) is 17.6. The molecule has 1 aromatic rings. The van der Waals surface area contributed by atoms with Gasteiger partial charge in [-0.2, -0.15) is 0 Å². The second-order valence-electron chi connectivity index (χ2n) is 5.83. The smallest absolute Gasteiger partial charge is 0.240 e. The Hall–Kier alpha value is -0.910. The molecule has 1 atom stereocenters. The molecule has 0 amide bonds. The van der Waals surface area contributed by atoms with Crippen molar-refractivity contribution in [3.8, 4) is 0 Å². The molecule has 9 heteroatoms. The maximum Gasteiger partial charge on any atom is 0.240 e. The van der Waals surface area contributed by atoms with Crippen LogP contribution in [0.5, 0.6) is 0 Å². The molecule has 2 rings (SSSR count). The molecule has 1 heterocycles. The molecule has 0 radical (unpaired) electrons. The predicted octanol–water partition coefficient (Wildman–Crippen LogP) is 0.923. The summed E-state index contributed by atoms with van der Waals surface area (Å²) in [5.74, 6) is 0.712. The number of aliphatic hydroxyl groups is 1. The molecule has 25 heavy (non-hydrogen) atoms. The van der Waals surface area contributed by atoms with Gasteiger partial charge >= 0.3 is 0 Å². The molecule has 0 saturated carbocycles. The molecule has 0 aliphatic carbocycles. The van der Waals surface area contributed by atoms with E-state index in [1.807, 2.05) is 18.7 Å². The summed E-state index contributed by atoms with van der Waals surface area (Å²) in [5.41, 5.74) is 1.02. The Morgan fingerprint density at radius 1 is 1.36 bits per heavy atom. The lowest BCUT2D eigenvalue weighted by atomic mass is 10.2. The standard InChI is InChI=1S/C16H26N4O3S.HI/c1-3-17-16(20-11-8-14(21)12-20)18-9-10-19-24(22,23)15-6-4-13(2)5-7-15;/h4-7,14,19,21H,3,8-12H2,1-2H3,(H,17,18);1H/t14-;/m1./s1. The number of hydrogen-bond acceptors (Lipinski definition) is 4. The van der Waals surface area contributed by atoms with Gasteiger partial charge < -0.3 is 15.3 Å². The molecular formula is C16H27IN4O3S. The van der Waals surface area contributed by atoms with Crippen molar-refractivity contribution in [1.82, 2.24) is 14.9 Å². The number of hydrogen-bond donors (Lipinski definition) is 3. The van der Waals surface area contributed by atoms with Crippen LogP contribution in [0.15, 0.2) is 34.2 Å². The minimum absolute atomic E-state index is 0. The minimum Gasteiger partial charge on any atom is -0.391 e. The van der Waals surface area contributed by atoms with Crippen molar-refractivity contribution in [3.63, 3.8) is 0 Å². The lowest BCUT2D eigenvalue weighted by molar-refractivity contribution is 0.188. The molecule has 142 valence electrons. The second-order valence-corrected chi connectivity index (χ2v) is 7.60. The summed E-state index contributed by atoms with van der Waals surface area (Å²) in [4.78, 5) is 6.68. The minimum atomic E-state index is -3.51. The first-order chi connectivity index (χ1) is 11.4. The first kappa shape index (κ1) is 22.1. The van der Waals surface area contributed by atoms with E-state index in [9.17, 15) is 13.5 Å². The van der Waals surface area contributed by atoms with Crippen molar-refractivity contribution in [2.75, 3.05) is 32.7 Å². The zero-order valence-electron chi connectivity index (χ0n) is 14.6. The number of aryl methyl sites for hydroxylation is 1. The van der Waals surface area contributed by atoms with Gasteiger partial charge in [0.2, 0.25) is 10.0 Å². The fraction of sp³-hybridized carbons (Fsp3) is 0.562. The van der Waals surface area contributed by atoms with E-state index in [0.29, 0.717) is 19.0 Å². The van der Waals surface area contributed by atoms with E-state index in [1.165, 1.54) is 0 Å². The maximum atomic E-state index is 12.2. The summed E-state index contributed by atoms with van der Waals surface area (Å²) in [6, 6.07) is 6.73. The number of guanidine groups is 1. The number of rotatable bonds is 6. The number of nitrogens with zero attached hydrogens (tertiary/aromatic N) is 2. The highest BCUT2D eigenvalue weighted by Crippen LogP contribution is 2.10. The van der Waals surface area contributed by atoms with Crippen LogP contribution in [0.1, 0.15) is 18.9 Å². The fourth-order valence-corrected chi connectivity index (χ4v) is 3.52. The van der Waals surface area contributed by atoms with E-state index < -0.39 is 10.0 Å². The van der Waals surface area contributed by atoms with Crippen molar-refractivity contribution in [2.45, 2.75) is 31.3 Å². The van der Waals surface area contributed by atoms with Crippen molar-refractivity contribution in [2.24, 2.45) is 4.99 Å². The van der Waals surface area contributed by atoms with Gasteiger partial charge in [-0.1, -0.05) is 17.7 Å². The summed E-state index contributed by atoms with van der Waals surface area (Å²) in [6.07, 6.45) is 0.402. The molecule has 1 fully saturated rings. The quantitative estimate of drug-likeness (QED) is 0.243. The Kier molecular flexibility index (Phi) is 9.11. The fourth-order valence-electron chi connectivity index (χ4n) is 2.50. The third-order valence-electron chi connectivity index (χ3n) is 3.79. The number of aliphatic hydroxyl groups excluding tert-OH is 1. The number of benzene rings is 1. The number of nitrogens with one attached hydrogen (secondary N) is 2. The van der Waals surface area contributed by atoms with E-state index in [0.717, 1.165) is 25.1 Å². The lowest BCUT2D eigenvalue weighted by Crippen LogP contribution is -2.41. The first-order valence-electron chi connectivity index (χ1n) is 8.20. The Balaban J connectivity index is 0.00000312. The highest BCUT2D eigenvalue weighted by Gasteiger charge is 2.22. The van der Waals surface area contributed by atoms with Crippen LogP contribution >= 0.6 is 24.0 Å². The van der Waals surface area contributed by atoms with Crippen LogP contribution in [0.2, 0.25) is 0 Å². The van der Waals surface area contributed by atoms with Gasteiger partial charge in [0.1, 0.15) is 0 Å². The van der Waals surface area contributed by atoms with E-state index >= 15 is 0 Å². The van der Waals surface area contributed by atoms with Crippen LogP contribution < -0.4 is 10.0 Å². The number of halogens is 1. The molecule has 1 aromatic carbocycles. The summed E-state index contributed by atoms with van der Waals surface area (Å²) in [5, 5.41) is 12.8. The Labute approximate surface area is 167 Å². The molecular weight excluding hydrogens is 455 g/mol. The third kappa shape index (κ3) is 6.72. The Bertz CT molecular complexity index is 664. The number of sulfonamides is 1. The molecule has 0 spiro atoms. The Morgan fingerprint density at radius 3 is 2.60 bits per heavy atom. The van der Waals surface area contributed by atoms with E-state index in [-0.39, 0.29) is 41.5 Å². The van der Waals surface area contributed by atoms with Gasteiger partial charge in [0, 0.05) is 26.2 Å². The second kappa shape index (κ2) is 10.3. The lowest BCUT2D eigenvalue weighted by Gasteiger charge is -2.20. The first-order valence-corrected chi connectivity index (χ1v) is 9.68. The number of β-amino-alcohol motifs (C(OH)–C–C–N with tert-alkyl or cyclic N) is 1. The molecule has 3 N–H and O–H groups in total. The van der Waals surface area contributed by atoms with Gasteiger partial charge in [0.05, 0.1) is 17.5 Å². The number of aliphatic imine (C=N–C) groups is 1. The van der Waals surface area contributed by atoms with Crippen molar-refractivity contribution in [1.29, 1.82) is 0 Å². The van der Waals surface area contributed by atoms with Crippen LogP contribution in [0.3, 0.4) is 0 Å². The highest BCUT2D eigenvalue weighted by atomic mass is 127. The third-order valence-corrected chi connectivity index (χ3v) is 5.27. The molecule has 0 unspecified atom stereocenters. The van der Waals surface area contributed by atoms with Gasteiger partial charge in [0.15, 0.2) is 5.96 Å². The van der Waals surface area contributed by atoms with Gasteiger partial charge in [-0.15, -0.1) is 24.0 Å². The van der Waals surface area contributed by atoms with Crippen molar-refractivity contribution >= 4 is 40.0 Å². The van der Waals surface area contributed by atoms with Crippen LogP contribution in [-0.2, 0) is 10.0 Å². The summed E-state index contributed by atoms with van der Waals surface area (Å²) >= 11 is 0. The molecule has 7 nitrogen and oxygen atoms in total. The Morgan fingerprint density at radius 2 is 2.04 bits per heavy atom. The molecule has 1 saturated heterocycles. The number of likely N-dealkylation sites (tertiary alicyclic amines) is 1. The van der Waals surface area contributed by atoms with Crippen molar-refractivity contribution < 1.29 is 13.5 Å². The maximum absolute atomic E-state index is 12.2. The molecule has 0 aromatic heterocycles. The van der Waals surface area contributed by atoms with Crippen molar-refractivity contribution in [3.05, 3.63) is 29.8 Å². The molecule has 1 aliphatic rings. The zero-order valence-corrected chi connectivity index (χ0v) is 17.8. The molecule has 0 bridgehead atoms. The normalized spacial score (nSPS) is 18.1. The van der Waals surface area contributed by atoms with E-state index in [4.69, 9.17) is 0 Å². The van der Waals surface area contributed by atoms with E-state index in [1.54, 1.807) is 24.3 Å². The summed E-state index contributed by atoms with van der Waals surface area (Å²) < 4.78 is 26.9. The van der Waals surface area contributed by atoms with Gasteiger partial charge in [0.25, 0.3) is 0 Å². The van der Waals surface area contributed by atoms with E-state index in [2.05, 4.69) is 15.0 Å². The topological polar surface area (TPSA) is 94.0 Å². The van der Waals surface area contributed by atoms with Crippen LogP contribution in [0.4, 0.5) is 0 Å². The predicted molar refractivity (Wildman–Crippen MR) is 110 cm³/mol. The van der Waals surface area contributed by atoms with Gasteiger partial charge in [-0.05, 0) is 32.4 Å². The molecule has 1 aliphatic heterocycles. The van der Waals surface area contributed by atoms with Gasteiger partial charge in [-0.3, -0.25) is 4.99 Å². The van der Waals surface area contributed by atoms with Crippen LogP contribution in [0, 0.1) is 6.92 Å². The summed E-state index contributed by atoms with van der Waals surface area (Å²) in [6.45, 7) is 6.48. The van der Waals surface area contributed by atoms with Crippen LogP contribution in [0.25, 0.3) is 0 Å². The summed E-state index contributed by atoms with van der Waals surface area (Å²) in [7, 11) is -3.51.